The molecule has 0 aromatic carbocycles. The van der Waals surface area contributed by atoms with Crippen molar-refractivity contribution in [3.63, 3.8) is 0 Å². The van der Waals surface area contributed by atoms with E-state index in [2.05, 4.69) is 0 Å². The highest BCUT2D eigenvalue weighted by Gasteiger charge is 1.94. The molecule has 1 rings (SSSR count). The molecule has 0 fully saturated rings. The van der Waals surface area contributed by atoms with Crippen molar-refractivity contribution >= 4 is 0 Å². The second kappa shape index (κ2) is 1.86. The Morgan fingerprint density at radius 2 is 2.50 bits per heavy atom. The van der Waals surface area contributed by atoms with E-state index in [1.165, 1.54) is 0 Å². The van der Waals surface area contributed by atoms with Gasteiger partial charge in [0, 0.05) is 0 Å². The minimum atomic E-state index is 0.896. The number of aryl methyl sites for hydroxylation is 1. The van der Waals surface area contributed by atoms with Crippen molar-refractivity contribution in [1.29, 1.82) is 0 Å². The summed E-state index contributed by atoms with van der Waals surface area (Å²) < 4.78 is 2.91. The number of aromatic nitrogens is 2. The Hall–Kier alpha value is -0.990. The van der Waals surface area contributed by atoms with Crippen LogP contribution in [0.15, 0.2) is 18.7 Å². The van der Waals surface area contributed by atoms with E-state index in [1.807, 2.05) is 11.5 Å². The summed E-state index contributed by atoms with van der Waals surface area (Å²) in [6, 6.07) is 0. The summed E-state index contributed by atoms with van der Waals surface area (Å²) in [7, 11) is 0. The Labute approximate surface area is 47.8 Å². The predicted octanol–water partition coefficient (Wildman–Crippen LogP) is 0.0328. The Morgan fingerprint density at radius 3 is 2.75 bits per heavy atom. The highest BCUT2D eigenvalue weighted by atomic mass is 16.5. The van der Waals surface area contributed by atoms with Crippen molar-refractivity contribution in [1.82, 2.24) is 4.73 Å². The first-order valence-electron chi connectivity index (χ1n) is 2.59. The summed E-state index contributed by atoms with van der Waals surface area (Å²) in [6.45, 7) is 2.91. The smallest absolute Gasteiger partial charge is 0.284 e. The average Bonchev–Trinajstić information content (AvgIpc) is 2.14. The normalized spacial score (nSPS) is 9.62. The first kappa shape index (κ1) is 5.15. The van der Waals surface area contributed by atoms with Crippen molar-refractivity contribution in [2.24, 2.45) is 0 Å². The summed E-state index contributed by atoms with van der Waals surface area (Å²) in [6.07, 6.45) is 5.00. The van der Waals surface area contributed by atoms with Gasteiger partial charge in [0.1, 0.15) is 6.20 Å². The number of imidazole rings is 1. The molecule has 0 unspecified atom stereocenters. The summed E-state index contributed by atoms with van der Waals surface area (Å²) in [4.78, 5) is 0. The van der Waals surface area contributed by atoms with Crippen LogP contribution in [0.2, 0.25) is 0 Å². The van der Waals surface area contributed by atoms with Crippen molar-refractivity contribution in [2.75, 3.05) is 0 Å². The van der Waals surface area contributed by atoms with Crippen LogP contribution in [0.4, 0.5) is 0 Å². The average molecular weight is 113 g/mol. The largest absolute Gasteiger partial charge is 0.350 e. The highest BCUT2D eigenvalue weighted by molar-refractivity contribution is 4.58. The summed E-state index contributed by atoms with van der Waals surface area (Å²) in [5, 5.41) is 8.68. The molecular formula is C5H9N2O+. The molecule has 1 aromatic rings. The molecule has 1 aromatic heterocycles. The van der Waals surface area contributed by atoms with Crippen LogP contribution in [-0.2, 0) is 6.54 Å². The van der Waals surface area contributed by atoms with E-state index in [1.54, 1.807) is 18.7 Å². The molecule has 0 aliphatic carbocycles. The van der Waals surface area contributed by atoms with Gasteiger partial charge in [0.05, 0.1) is 6.54 Å². The third kappa shape index (κ3) is 0.804. The van der Waals surface area contributed by atoms with Crippen molar-refractivity contribution in [2.45, 2.75) is 13.5 Å². The van der Waals surface area contributed by atoms with E-state index in [9.17, 15) is 0 Å². The third-order valence-electron chi connectivity index (χ3n) is 1.04. The zero-order valence-electron chi connectivity index (χ0n) is 4.78. The van der Waals surface area contributed by atoms with Crippen LogP contribution < -0.4 is 4.57 Å². The monoisotopic (exact) mass is 113 g/mol. The molecule has 0 aliphatic rings. The Bertz CT molecular complexity index is 171. The maximum atomic E-state index is 8.68. The molecule has 8 heavy (non-hydrogen) atoms. The Morgan fingerprint density at radius 1 is 1.75 bits per heavy atom. The van der Waals surface area contributed by atoms with Crippen LogP contribution in [0, 0.1) is 0 Å². The fraction of sp³-hybridized carbons (Fsp3) is 0.400. The van der Waals surface area contributed by atoms with Crippen molar-refractivity contribution < 1.29 is 9.77 Å². The van der Waals surface area contributed by atoms with Crippen LogP contribution in [0.1, 0.15) is 6.92 Å². The quantitative estimate of drug-likeness (QED) is 0.404. The predicted molar refractivity (Wildman–Crippen MR) is 27.5 cm³/mol. The van der Waals surface area contributed by atoms with Gasteiger partial charge in [-0.25, -0.2) is 4.57 Å². The zero-order chi connectivity index (χ0) is 5.98. The molecule has 1 N–H and O–H groups in total. The molecule has 3 nitrogen and oxygen atoms in total. The van der Waals surface area contributed by atoms with Crippen molar-refractivity contribution in [3.8, 4) is 0 Å². The highest BCUT2D eigenvalue weighted by Crippen LogP contribution is 1.73. The second-order valence-electron chi connectivity index (χ2n) is 1.62. The van der Waals surface area contributed by atoms with Crippen LogP contribution in [0.3, 0.4) is 0 Å². The lowest BCUT2D eigenvalue weighted by atomic mass is 10.7. The topological polar surface area (TPSA) is 29.0 Å². The fourth-order valence-electron chi connectivity index (χ4n) is 0.570. The van der Waals surface area contributed by atoms with Gasteiger partial charge in [0.25, 0.3) is 6.33 Å². The van der Waals surface area contributed by atoms with Crippen LogP contribution in [0.5, 0.6) is 0 Å². The van der Waals surface area contributed by atoms with Gasteiger partial charge < -0.3 is 5.21 Å². The lowest BCUT2D eigenvalue weighted by Gasteiger charge is -1.80. The van der Waals surface area contributed by atoms with E-state index >= 15 is 0 Å². The van der Waals surface area contributed by atoms with E-state index in [-0.39, 0.29) is 0 Å². The minimum Gasteiger partial charge on any atom is -0.350 e. The van der Waals surface area contributed by atoms with E-state index in [0.717, 1.165) is 11.3 Å². The van der Waals surface area contributed by atoms with Crippen LogP contribution in [-0.4, -0.2) is 9.94 Å². The first-order chi connectivity index (χ1) is 3.83. The molecule has 1 heterocycles. The second-order valence-corrected chi connectivity index (χ2v) is 1.62. The molecular weight excluding hydrogens is 104 g/mol. The van der Waals surface area contributed by atoms with Crippen LogP contribution in [0.25, 0.3) is 0 Å². The molecule has 0 saturated carbocycles. The summed E-state index contributed by atoms with van der Waals surface area (Å²) in [5.41, 5.74) is 0. The zero-order valence-corrected chi connectivity index (χ0v) is 4.78. The van der Waals surface area contributed by atoms with Gasteiger partial charge in [-0.15, -0.1) is 0 Å². The maximum Gasteiger partial charge on any atom is 0.284 e. The lowest BCUT2D eigenvalue weighted by molar-refractivity contribution is -0.694. The number of nitrogens with zero attached hydrogens (tertiary/aromatic N) is 2. The van der Waals surface area contributed by atoms with Gasteiger partial charge in [-0.05, 0) is 6.92 Å². The number of hydrogen-bond donors (Lipinski definition) is 1. The van der Waals surface area contributed by atoms with Crippen molar-refractivity contribution in [3.05, 3.63) is 18.7 Å². The SMILES string of the molecule is CC[n+]1ccn(O)c1. The van der Waals surface area contributed by atoms with Gasteiger partial charge in [-0.2, -0.15) is 0 Å². The summed E-state index contributed by atoms with van der Waals surface area (Å²) >= 11 is 0. The molecule has 0 atom stereocenters. The van der Waals surface area contributed by atoms with Gasteiger partial charge in [-0.3, -0.25) is 0 Å². The molecule has 3 heteroatoms. The third-order valence-corrected chi connectivity index (χ3v) is 1.04. The lowest BCUT2D eigenvalue weighted by Crippen LogP contribution is -2.28. The fourth-order valence-corrected chi connectivity index (χ4v) is 0.570. The van der Waals surface area contributed by atoms with Gasteiger partial charge in [0.2, 0.25) is 0 Å². The Balaban J connectivity index is 2.84. The standard InChI is InChI=1S/C5H9N2O/c1-2-6-3-4-7(8)5-6/h3-5,8H,2H2,1H3/q+1. The molecule has 0 saturated heterocycles. The minimum absolute atomic E-state index is 0.896. The first-order valence-corrected chi connectivity index (χ1v) is 2.59. The molecule has 0 radical (unpaired) electrons. The van der Waals surface area contributed by atoms with Crippen LogP contribution >= 0.6 is 0 Å². The molecule has 0 spiro atoms. The summed E-state index contributed by atoms with van der Waals surface area (Å²) in [5.74, 6) is 0. The number of hydrogen-bond acceptors (Lipinski definition) is 1. The van der Waals surface area contributed by atoms with Gasteiger partial charge in [0.15, 0.2) is 6.20 Å². The van der Waals surface area contributed by atoms with Gasteiger partial charge in [-0.1, -0.05) is 4.73 Å². The van der Waals surface area contributed by atoms with E-state index in [0.29, 0.717) is 0 Å². The Kier molecular flexibility index (Phi) is 1.20. The molecule has 0 bridgehead atoms. The molecule has 44 valence electrons. The van der Waals surface area contributed by atoms with E-state index in [4.69, 9.17) is 5.21 Å². The maximum absolute atomic E-state index is 8.68. The van der Waals surface area contributed by atoms with Gasteiger partial charge >= 0.3 is 0 Å². The number of rotatable bonds is 1. The molecule has 0 amide bonds. The van der Waals surface area contributed by atoms with E-state index < -0.39 is 0 Å². The molecule has 0 aliphatic heterocycles.